The highest BCUT2D eigenvalue weighted by atomic mass is 19.1. The summed E-state index contributed by atoms with van der Waals surface area (Å²) < 4.78 is 13.9. The molecule has 2 aromatic rings. The molecule has 0 unspecified atom stereocenters. The van der Waals surface area contributed by atoms with Gasteiger partial charge in [0.15, 0.2) is 5.78 Å². The summed E-state index contributed by atoms with van der Waals surface area (Å²) in [6.07, 6.45) is 1.54. The molecule has 0 aliphatic heterocycles. The van der Waals surface area contributed by atoms with Gasteiger partial charge in [-0.15, -0.1) is 0 Å². The van der Waals surface area contributed by atoms with E-state index in [1.807, 2.05) is 24.3 Å². The minimum absolute atomic E-state index is 0.0459. The molecule has 0 saturated heterocycles. The summed E-state index contributed by atoms with van der Waals surface area (Å²) in [5.74, 6) is -0.877. The highest BCUT2D eigenvalue weighted by molar-refractivity contribution is 6.00. The molecule has 2 rings (SSSR count). The van der Waals surface area contributed by atoms with Crippen molar-refractivity contribution < 1.29 is 14.3 Å². The lowest BCUT2D eigenvalue weighted by atomic mass is 10.0. The van der Waals surface area contributed by atoms with E-state index >= 15 is 0 Å². The standard InChI is InChI=1S/C19H20FNO2/c1-13(17-6-3-7-18(20)19(17)14(2)23)21-16-10-8-15(9-11-16)5-4-12-22/h3,6-11,21-22H,1,4-5,12H2,2H3. The largest absolute Gasteiger partial charge is 0.396 e. The molecule has 2 aromatic carbocycles. The molecule has 0 bridgehead atoms. The van der Waals surface area contributed by atoms with Crippen LogP contribution in [0.15, 0.2) is 49.0 Å². The zero-order chi connectivity index (χ0) is 16.8. The van der Waals surface area contributed by atoms with Crippen LogP contribution in [0.5, 0.6) is 0 Å². The topological polar surface area (TPSA) is 49.3 Å². The molecular weight excluding hydrogens is 293 g/mol. The smallest absolute Gasteiger partial charge is 0.163 e. The van der Waals surface area contributed by atoms with Crippen LogP contribution in [-0.2, 0) is 6.42 Å². The zero-order valence-corrected chi connectivity index (χ0v) is 13.1. The minimum atomic E-state index is -0.544. The molecule has 3 nitrogen and oxygen atoms in total. The Morgan fingerprint density at radius 3 is 2.52 bits per heavy atom. The summed E-state index contributed by atoms with van der Waals surface area (Å²) in [5, 5.41) is 11.9. The lowest BCUT2D eigenvalue weighted by molar-refractivity contribution is 0.101. The van der Waals surface area contributed by atoms with Crippen LogP contribution in [0.2, 0.25) is 0 Å². The van der Waals surface area contributed by atoms with Crippen LogP contribution in [0, 0.1) is 5.82 Å². The van der Waals surface area contributed by atoms with Gasteiger partial charge in [0, 0.05) is 23.6 Å². The van der Waals surface area contributed by atoms with Crippen LogP contribution in [0.1, 0.15) is 34.8 Å². The highest BCUT2D eigenvalue weighted by Gasteiger charge is 2.15. The number of carbonyl (C=O) groups excluding carboxylic acids is 1. The number of ketones is 1. The summed E-state index contributed by atoms with van der Waals surface area (Å²) in [6.45, 7) is 5.42. The summed E-state index contributed by atoms with van der Waals surface area (Å²) in [5.41, 5.74) is 2.91. The molecule has 4 heteroatoms. The predicted octanol–water partition coefficient (Wildman–Crippen LogP) is 4.04. The van der Waals surface area contributed by atoms with Crippen LogP contribution < -0.4 is 5.32 Å². The molecule has 0 heterocycles. The number of benzene rings is 2. The van der Waals surface area contributed by atoms with E-state index in [4.69, 9.17) is 5.11 Å². The number of hydrogen-bond acceptors (Lipinski definition) is 3. The van der Waals surface area contributed by atoms with Crippen molar-refractivity contribution >= 4 is 17.2 Å². The summed E-state index contributed by atoms with van der Waals surface area (Å²) in [6, 6.07) is 12.2. The van der Waals surface area contributed by atoms with E-state index in [9.17, 15) is 9.18 Å². The number of anilines is 1. The molecule has 0 radical (unpaired) electrons. The SMILES string of the molecule is C=C(Nc1ccc(CCCO)cc1)c1cccc(F)c1C(C)=O. The first kappa shape index (κ1) is 16.9. The first-order chi connectivity index (χ1) is 11.0. The van der Waals surface area contributed by atoms with Gasteiger partial charge in [-0.2, -0.15) is 0 Å². The Balaban J connectivity index is 2.16. The Labute approximate surface area is 135 Å². The molecule has 23 heavy (non-hydrogen) atoms. The number of aliphatic hydroxyl groups excluding tert-OH is 1. The second-order valence-corrected chi connectivity index (χ2v) is 5.35. The highest BCUT2D eigenvalue weighted by Crippen LogP contribution is 2.23. The number of aryl methyl sites for hydroxylation is 1. The van der Waals surface area contributed by atoms with Crippen LogP contribution in [0.4, 0.5) is 10.1 Å². The molecule has 0 atom stereocenters. The number of aliphatic hydroxyl groups is 1. The third kappa shape index (κ3) is 4.27. The van der Waals surface area contributed by atoms with Gasteiger partial charge in [-0.05, 0) is 43.5 Å². The fourth-order valence-corrected chi connectivity index (χ4v) is 2.41. The van der Waals surface area contributed by atoms with Gasteiger partial charge in [0.25, 0.3) is 0 Å². The van der Waals surface area contributed by atoms with E-state index in [2.05, 4.69) is 11.9 Å². The fourth-order valence-electron chi connectivity index (χ4n) is 2.41. The zero-order valence-electron chi connectivity index (χ0n) is 13.1. The average Bonchev–Trinajstić information content (AvgIpc) is 2.53. The summed E-state index contributed by atoms with van der Waals surface area (Å²) >= 11 is 0. The molecule has 0 aliphatic rings. The van der Waals surface area contributed by atoms with Crippen LogP contribution in [0.25, 0.3) is 5.70 Å². The summed E-state index contributed by atoms with van der Waals surface area (Å²) in [7, 11) is 0. The maximum Gasteiger partial charge on any atom is 0.163 e. The Bertz CT molecular complexity index is 708. The molecule has 0 aromatic heterocycles. The van der Waals surface area contributed by atoms with Crippen molar-refractivity contribution in [2.45, 2.75) is 19.8 Å². The van der Waals surface area contributed by atoms with Crippen LogP contribution >= 0.6 is 0 Å². The van der Waals surface area contributed by atoms with Crippen molar-refractivity contribution in [2.24, 2.45) is 0 Å². The van der Waals surface area contributed by atoms with Gasteiger partial charge in [0.2, 0.25) is 0 Å². The maximum atomic E-state index is 13.9. The van der Waals surface area contributed by atoms with Crippen molar-refractivity contribution in [2.75, 3.05) is 11.9 Å². The second kappa shape index (κ2) is 7.70. The maximum absolute atomic E-state index is 13.9. The van der Waals surface area contributed by atoms with E-state index in [1.54, 1.807) is 12.1 Å². The van der Waals surface area contributed by atoms with Crippen LogP contribution in [0.3, 0.4) is 0 Å². The molecule has 0 amide bonds. The first-order valence-electron chi connectivity index (χ1n) is 7.48. The normalized spacial score (nSPS) is 10.4. The molecule has 0 aliphatic carbocycles. The van der Waals surface area contributed by atoms with Gasteiger partial charge in [-0.25, -0.2) is 4.39 Å². The van der Waals surface area contributed by atoms with Crippen molar-refractivity contribution in [1.29, 1.82) is 0 Å². The third-order valence-corrected chi connectivity index (χ3v) is 3.56. The Kier molecular flexibility index (Phi) is 5.66. The van der Waals surface area contributed by atoms with E-state index in [0.717, 1.165) is 24.1 Å². The van der Waals surface area contributed by atoms with E-state index in [-0.39, 0.29) is 18.0 Å². The third-order valence-electron chi connectivity index (χ3n) is 3.56. The fraction of sp³-hybridized carbons (Fsp3) is 0.211. The van der Waals surface area contributed by atoms with Crippen LogP contribution in [-0.4, -0.2) is 17.5 Å². The van der Waals surface area contributed by atoms with E-state index in [1.165, 1.54) is 13.0 Å². The first-order valence-corrected chi connectivity index (χ1v) is 7.48. The lowest BCUT2D eigenvalue weighted by Gasteiger charge is -2.14. The average molecular weight is 313 g/mol. The number of Topliss-reactive ketones (excluding diaryl/α,β-unsaturated/α-hetero) is 1. The predicted molar refractivity (Wildman–Crippen MR) is 90.9 cm³/mol. The van der Waals surface area contributed by atoms with Gasteiger partial charge in [0.1, 0.15) is 5.82 Å². The number of carbonyl (C=O) groups is 1. The van der Waals surface area contributed by atoms with Crippen molar-refractivity contribution in [3.63, 3.8) is 0 Å². The Morgan fingerprint density at radius 2 is 1.91 bits per heavy atom. The molecule has 2 N–H and O–H groups in total. The molecule has 0 fully saturated rings. The number of halogens is 1. The quantitative estimate of drug-likeness (QED) is 0.759. The summed E-state index contributed by atoms with van der Waals surface area (Å²) in [4.78, 5) is 11.7. The molecule has 0 saturated carbocycles. The lowest BCUT2D eigenvalue weighted by Crippen LogP contribution is -2.06. The van der Waals surface area contributed by atoms with Crippen molar-refractivity contribution in [3.8, 4) is 0 Å². The van der Waals surface area contributed by atoms with E-state index in [0.29, 0.717) is 11.3 Å². The van der Waals surface area contributed by atoms with Gasteiger partial charge < -0.3 is 10.4 Å². The molecular formula is C19H20FNO2. The van der Waals surface area contributed by atoms with Gasteiger partial charge in [0.05, 0.1) is 5.56 Å². The van der Waals surface area contributed by atoms with Crippen molar-refractivity contribution in [3.05, 3.63) is 71.6 Å². The second-order valence-electron chi connectivity index (χ2n) is 5.35. The molecule has 0 spiro atoms. The molecule has 120 valence electrons. The Morgan fingerprint density at radius 1 is 1.22 bits per heavy atom. The van der Waals surface area contributed by atoms with Gasteiger partial charge in [-0.1, -0.05) is 30.8 Å². The van der Waals surface area contributed by atoms with Crippen molar-refractivity contribution in [1.82, 2.24) is 0 Å². The number of rotatable bonds is 7. The van der Waals surface area contributed by atoms with E-state index < -0.39 is 5.82 Å². The Hall–Kier alpha value is -2.46. The van der Waals surface area contributed by atoms with Gasteiger partial charge >= 0.3 is 0 Å². The monoisotopic (exact) mass is 313 g/mol. The number of nitrogens with one attached hydrogen (secondary N) is 1. The minimum Gasteiger partial charge on any atom is -0.396 e. The number of hydrogen-bond donors (Lipinski definition) is 2. The van der Waals surface area contributed by atoms with Gasteiger partial charge in [-0.3, -0.25) is 4.79 Å².